The van der Waals surface area contributed by atoms with Gasteiger partial charge >= 0.3 is 0 Å². The second kappa shape index (κ2) is 8.50. The molecule has 20 heavy (non-hydrogen) atoms. The third-order valence-electron chi connectivity index (χ3n) is 3.41. The van der Waals surface area contributed by atoms with E-state index >= 15 is 0 Å². The molecule has 0 spiro atoms. The van der Waals surface area contributed by atoms with Crippen molar-refractivity contribution in [1.82, 2.24) is 5.32 Å². The molecule has 1 unspecified atom stereocenters. The summed E-state index contributed by atoms with van der Waals surface area (Å²) in [6.45, 7) is 3.31. The minimum atomic E-state index is 0.459. The summed E-state index contributed by atoms with van der Waals surface area (Å²) in [4.78, 5) is 2.88. The van der Waals surface area contributed by atoms with Crippen LogP contribution >= 0.6 is 23.1 Å². The molecule has 1 N–H and O–H groups in total. The highest BCUT2D eigenvalue weighted by molar-refractivity contribution is 7.98. The smallest absolute Gasteiger partial charge is 0.0334 e. The highest BCUT2D eigenvalue weighted by Gasteiger charge is 2.14. The van der Waals surface area contributed by atoms with Crippen LogP contribution in [0.25, 0.3) is 0 Å². The first-order valence-corrected chi connectivity index (χ1v) is 9.34. The average Bonchev–Trinajstić information content (AvgIpc) is 3.01. The van der Waals surface area contributed by atoms with Crippen molar-refractivity contribution in [3.05, 3.63) is 52.2 Å². The maximum Gasteiger partial charge on any atom is 0.0334 e. The van der Waals surface area contributed by atoms with Crippen molar-refractivity contribution in [2.45, 2.75) is 37.1 Å². The second-order valence-corrected chi connectivity index (χ2v) is 6.75. The van der Waals surface area contributed by atoms with E-state index in [1.165, 1.54) is 21.8 Å². The van der Waals surface area contributed by atoms with Crippen LogP contribution in [0.3, 0.4) is 0 Å². The minimum Gasteiger partial charge on any atom is -0.310 e. The van der Waals surface area contributed by atoms with E-state index in [1.807, 2.05) is 23.1 Å². The number of rotatable bonds is 8. The standard InChI is InChI=1S/C17H23NS2/c1-3-12-18-16(11-10-14-7-6-13-20-14)15-8-4-5-9-17(15)19-2/h4-9,13,16,18H,3,10-12H2,1-2H3. The maximum absolute atomic E-state index is 3.71. The summed E-state index contributed by atoms with van der Waals surface area (Å²) in [5.74, 6) is 0. The zero-order valence-corrected chi connectivity index (χ0v) is 13.9. The van der Waals surface area contributed by atoms with Gasteiger partial charge in [-0.25, -0.2) is 0 Å². The predicted octanol–water partition coefficient (Wildman–Crippen LogP) is 5.14. The Labute approximate surface area is 130 Å². The van der Waals surface area contributed by atoms with E-state index in [-0.39, 0.29) is 0 Å². The van der Waals surface area contributed by atoms with Crippen LogP contribution in [-0.4, -0.2) is 12.8 Å². The summed E-state index contributed by atoms with van der Waals surface area (Å²) in [5, 5.41) is 5.88. The van der Waals surface area contributed by atoms with E-state index in [0.29, 0.717) is 6.04 Å². The quantitative estimate of drug-likeness (QED) is 0.677. The highest BCUT2D eigenvalue weighted by atomic mass is 32.2. The third-order valence-corrected chi connectivity index (χ3v) is 5.16. The first-order valence-electron chi connectivity index (χ1n) is 7.23. The zero-order valence-electron chi connectivity index (χ0n) is 12.3. The van der Waals surface area contributed by atoms with Gasteiger partial charge in [-0.3, -0.25) is 0 Å². The molecule has 2 aromatic rings. The van der Waals surface area contributed by atoms with Crippen LogP contribution in [0.2, 0.25) is 0 Å². The highest BCUT2D eigenvalue weighted by Crippen LogP contribution is 2.29. The van der Waals surface area contributed by atoms with Crippen molar-refractivity contribution in [3.63, 3.8) is 0 Å². The molecule has 1 aromatic heterocycles. The molecule has 0 saturated heterocycles. The summed E-state index contributed by atoms with van der Waals surface area (Å²) in [7, 11) is 0. The van der Waals surface area contributed by atoms with Crippen LogP contribution in [0.4, 0.5) is 0 Å². The number of thiophene rings is 1. The fourth-order valence-corrected chi connectivity index (χ4v) is 3.77. The molecular formula is C17H23NS2. The molecule has 1 aromatic carbocycles. The van der Waals surface area contributed by atoms with Crippen molar-refractivity contribution in [2.24, 2.45) is 0 Å². The summed E-state index contributed by atoms with van der Waals surface area (Å²) >= 11 is 3.70. The Morgan fingerprint density at radius 2 is 2.05 bits per heavy atom. The molecule has 2 rings (SSSR count). The summed E-state index contributed by atoms with van der Waals surface area (Å²) in [6, 6.07) is 13.6. The number of thioether (sulfide) groups is 1. The number of aryl methyl sites for hydroxylation is 1. The van der Waals surface area contributed by atoms with Gasteiger partial charge in [0, 0.05) is 15.8 Å². The lowest BCUT2D eigenvalue weighted by Crippen LogP contribution is -2.23. The van der Waals surface area contributed by atoms with Crippen LogP contribution in [0.15, 0.2) is 46.7 Å². The van der Waals surface area contributed by atoms with Crippen molar-refractivity contribution in [3.8, 4) is 0 Å². The summed E-state index contributed by atoms with van der Waals surface area (Å²) in [6.07, 6.45) is 5.66. The fourth-order valence-electron chi connectivity index (χ4n) is 2.38. The first kappa shape index (κ1) is 15.6. The Bertz CT molecular complexity index is 493. The Morgan fingerprint density at radius 1 is 1.20 bits per heavy atom. The molecule has 108 valence electrons. The van der Waals surface area contributed by atoms with E-state index in [0.717, 1.165) is 19.4 Å². The Kier molecular flexibility index (Phi) is 6.64. The number of hydrogen-bond donors (Lipinski definition) is 1. The Morgan fingerprint density at radius 3 is 2.75 bits per heavy atom. The normalized spacial score (nSPS) is 12.5. The Hall–Kier alpha value is -0.770. The van der Waals surface area contributed by atoms with Crippen molar-refractivity contribution >= 4 is 23.1 Å². The predicted molar refractivity (Wildman–Crippen MR) is 91.9 cm³/mol. The van der Waals surface area contributed by atoms with E-state index < -0.39 is 0 Å². The molecule has 0 fully saturated rings. The van der Waals surface area contributed by atoms with Gasteiger partial charge in [0.05, 0.1) is 0 Å². The van der Waals surface area contributed by atoms with Crippen LogP contribution in [0.1, 0.15) is 36.2 Å². The van der Waals surface area contributed by atoms with Crippen LogP contribution in [0, 0.1) is 0 Å². The van der Waals surface area contributed by atoms with Crippen molar-refractivity contribution < 1.29 is 0 Å². The van der Waals surface area contributed by atoms with Gasteiger partial charge in [0.15, 0.2) is 0 Å². The van der Waals surface area contributed by atoms with E-state index in [2.05, 4.69) is 60.3 Å². The molecule has 0 aliphatic heterocycles. The average molecular weight is 306 g/mol. The zero-order chi connectivity index (χ0) is 14.2. The van der Waals surface area contributed by atoms with Crippen LogP contribution < -0.4 is 5.32 Å². The van der Waals surface area contributed by atoms with Gasteiger partial charge in [-0.05, 0) is 55.1 Å². The van der Waals surface area contributed by atoms with Crippen LogP contribution in [-0.2, 0) is 6.42 Å². The minimum absolute atomic E-state index is 0.459. The molecule has 0 radical (unpaired) electrons. The molecule has 0 amide bonds. The molecule has 0 aliphatic rings. The van der Waals surface area contributed by atoms with Gasteiger partial charge in [0.2, 0.25) is 0 Å². The van der Waals surface area contributed by atoms with E-state index in [4.69, 9.17) is 0 Å². The second-order valence-electron chi connectivity index (χ2n) is 4.87. The lowest BCUT2D eigenvalue weighted by molar-refractivity contribution is 0.495. The van der Waals surface area contributed by atoms with Crippen molar-refractivity contribution in [1.29, 1.82) is 0 Å². The largest absolute Gasteiger partial charge is 0.310 e. The molecule has 0 aliphatic carbocycles. The Balaban J connectivity index is 2.09. The number of benzene rings is 1. The van der Waals surface area contributed by atoms with Gasteiger partial charge < -0.3 is 5.32 Å². The van der Waals surface area contributed by atoms with Gasteiger partial charge in [0.1, 0.15) is 0 Å². The molecule has 1 atom stereocenters. The fraction of sp³-hybridized carbons (Fsp3) is 0.412. The number of nitrogens with one attached hydrogen (secondary N) is 1. The van der Waals surface area contributed by atoms with Gasteiger partial charge in [-0.15, -0.1) is 23.1 Å². The molecule has 0 bridgehead atoms. The SMILES string of the molecule is CCCNC(CCc1cccs1)c1ccccc1SC. The summed E-state index contributed by atoms with van der Waals surface area (Å²) in [5.41, 5.74) is 1.45. The van der Waals surface area contributed by atoms with Crippen LogP contribution in [0.5, 0.6) is 0 Å². The van der Waals surface area contributed by atoms with E-state index in [9.17, 15) is 0 Å². The summed E-state index contributed by atoms with van der Waals surface area (Å²) < 4.78 is 0. The monoisotopic (exact) mass is 305 g/mol. The molecular weight excluding hydrogens is 282 g/mol. The maximum atomic E-state index is 3.71. The third kappa shape index (κ3) is 4.37. The van der Waals surface area contributed by atoms with Gasteiger partial charge in [0.25, 0.3) is 0 Å². The molecule has 0 saturated carbocycles. The molecule has 1 nitrogen and oxygen atoms in total. The van der Waals surface area contributed by atoms with Gasteiger partial charge in [-0.1, -0.05) is 31.2 Å². The van der Waals surface area contributed by atoms with Gasteiger partial charge in [-0.2, -0.15) is 0 Å². The van der Waals surface area contributed by atoms with E-state index in [1.54, 1.807) is 0 Å². The first-order chi connectivity index (χ1) is 9.85. The van der Waals surface area contributed by atoms with Crippen molar-refractivity contribution in [2.75, 3.05) is 12.8 Å². The molecule has 1 heterocycles. The lowest BCUT2D eigenvalue weighted by atomic mass is 10.0. The topological polar surface area (TPSA) is 12.0 Å². The number of hydrogen-bond acceptors (Lipinski definition) is 3. The lowest BCUT2D eigenvalue weighted by Gasteiger charge is -2.21. The molecule has 3 heteroatoms.